The van der Waals surface area contributed by atoms with E-state index >= 15 is 0 Å². The van der Waals surface area contributed by atoms with Crippen LogP contribution in [0.25, 0.3) is 0 Å². The molecule has 0 radical (unpaired) electrons. The fourth-order valence-corrected chi connectivity index (χ4v) is 4.12. The van der Waals surface area contributed by atoms with Crippen LogP contribution in [0, 0.1) is 0 Å². The number of methoxy groups -OCH3 is 1. The molecule has 0 spiro atoms. The minimum absolute atomic E-state index is 0.177. The van der Waals surface area contributed by atoms with Crippen LogP contribution in [0.5, 0.6) is 11.5 Å². The largest absolute Gasteiger partial charge is 0.497 e. The lowest BCUT2D eigenvalue weighted by molar-refractivity contribution is -0.893. The number of likely N-dealkylation sites (N-methyl/N-ethyl adjacent to an activating group) is 1. The quantitative estimate of drug-likeness (QED) is 0.361. The van der Waals surface area contributed by atoms with Gasteiger partial charge in [0.05, 0.1) is 33.7 Å². The van der Waals surface area contributed by atoms with E-state index in [1.54, 1.807) is 31.4 Å². The van der Waals surface area contributed by atoms with Gasteiger partial charge in [-0.2, -0.15) is 0 Å². The van der Waals surface area contributed by atoms with E-state index in [1.165, 1.54) is 5.56 Å². The maximum atomic E-state index is 11.8. The summed E-state index contributed by atoms with van der Waals surface area (Å²) < 4.78 is 11.7. The Morgan fingerprint density at radius 2 is 1.51 bits per heavy atom. The molecule has 0 aliphatic carbocycles. The van der Waals surface area contributed by atoms with Crippen molar-refractivity contribution in [1.29, 1.82) is 0 Å². The standard InChI is InChI=1S/C29H35NO5/c1-30(2,18-17-22-9-13-26(34-3)14-10-22)20-25(31)21-35-27-15-11-24(12-16-27)28(29(32)33)19-23-7-5-4-6-8-23/h4-16,25,28,31H,17-21H2,1-3H3/p+1/t25-,28+/m1/s1. The molecule has 0 fully saturated rings. The van der Waals surface area contributed by atoms with Crippen molar-refractivity contribution in [2.24, 2.45) is 0 Å². The van der Waals surface area contributed by atoms with Crippen LogP contribution in [0.3, 0.4) is 0 Å². The lowest BCUT2D eigenvalue weighted by Gasteiger charge is -2.32. The van der Waals surface area contributed by atoms with Gasteiger partial charge in [0.15, 0.2) is 0 Å². The van der Waals surface area contributed by atoms with Crippen molar-refractivity contribution in [3.8, 4) is 11.5 Å². The highest BCUT2D eigenvalue weighted by molar-refractivity contribution is 5.76. The van der Waals surface area contributed by atoms with E-state index in [2.05, 4.69) is 26.2 Å². The Hall–Kier alpha value is -3.35. The third-order valence-corrected chi connectivity index (χ3v) is 6.18. The molecule has 6 heteroatoms. The number of hydrogen-bond acceptors (Lipinski definition) is 4. The molecule has 0 aliphatic heterocycles. The average molecular weight is 479 g/mol. The molecule has 0 aliphatic rings. The first-order valence-corrected chi connectivity index (χ1v) is 11.9. The summed E-state index contributed by atoms with van der Waals surface area (Å²) in [6.45, 7) is 1.62. The molecule has 35 heavy (non-hydrogen) atoms. The van der Waals surface area contributed by atoms with Crippen molar-refractivity contribution < 1.29 is 29.0 Å². The molecular weight excluding hydrogens is 442 g/mol. The molecule has 0 unspecified atom stereocenters. The predicted octanol–water partition coefficient (Wildman–Crippen LogP) is 4.16. The van der Waals surface area contributed by atoms with E-state index in [9.17, 15) is 15.0 Å². The highest BCUT2D eigenvalue weighted by Crippen LogP contribution is 2.24. The van der Waals surface area contributed by atoms with E-state index in [0.717, 1.165) is 29.8 Å². The third-order valence-electron chi connectivity index (χ3n) is 6.18. The number of carbonyl (C=O) groups is 1. The Kier molecular flexibility index (Phi) is 9.29. The molecule has 3 aromatic rings. The molecule has 6 nitrogen and oxygen atoms in total. The highest BCUT2D eigenvalue weighted by Gasteiger charge is 2.22. The molecule has 2 N–H and O–H groups in total. The van der Waals surface area contributed by atoms with Gasteiger partial charge >= 0.3 is 5.97 Å². The monoisotopic (exact) mass is 478 g/mol. The predicted molar refractivity (Wildman–Crippen MR) is 137 cm³/mol. The van der Waals surface area contributed by atoms with Gasteiger partial charge in [0.2, 0.25) is 0 Å². The van der Waals surface area contributed by atoms with Crippen LogP contribution < -0.4 is 9.47 Å². The van der Waals surface area contributed by atoms with E-state index in [-0.39, 0.29) is 6.61 Å². The van der Waals surface area contributed by atoms with Gasteiger partial charge in [0, 0.05) is 6.42 Å². The van der Waals surface area contributed by atoms with Crippen LogP contribution in [0.15, 0.2) is 78.9 Å². The van der Waals surface area contributed by atoms with Crippen LogP contribution in [0.4, 0.5) is 0 Å². The second-order valence-corrected chi connectivity index (χ2v) is 9.55. The molecule has 0 aromatic heterocycles. The van der Waals surface area contributed by atoms with E-state index in [1.807, 2.05) is 42.5 Å². The number of hydrogen-bond donors (Lipinski definition) is 2. The van der Waals surface area contributed by atoms with Crippen LogP contribution in [0.1, 0.15) is 22.6 Å². The van der Waals surface area contributed by atoms with Gasteiger partial charge < -0.3 is 24.2 Å². The Bertz CT molecular complexity index is 1050. The fourth-order valence-electron chi connectivity index (χ4n) is 4.12. The first kappa shape index (κ1) is 26.3. The van der Waals surface area contributed by atoms with Crippen LogP contribution in [0.2, 0.25) is 0 Å². The summed E-state index contributed by atoms with van der Waals surface area (Å²) >= 11 is 0. The smallest absolute Gasteiger partial charge is 0.311 e. The van der Waals surface area contributed by atoms with Crippen molar-refractivity contribution in [3.05, 3.63) is 95.6 Å². The molecule has 3 aromatic carbocycles. The summed E-state index contributed by atoms with van der Waals surface area (Å²) in [7, 11) is 5.85. The maximum absolute atomic E-state index is 11.8. The molecule has 0 amide bonds. The number of aliphatic hydroxyl groups excluding tert-OH is 1. The van der Waals surface area contributed by atoms with Gasteiger partial charge in [0.25, 0.3) is 0 Å². The van der Waals surface area contributed by atoms with E-state index in [0.29, 0.717) is 23.2 Å². The summed E-state index contributed by atoms with van der Waals surface area (Å²) in [5, 5.41) is 20.3. The summed E-state index contributed by atoms with van der Waals surface area (Å²) in [5.74, 6) is -0.0219. The van der Waals surface area contributed by atoms with Gasteiger partial charge in [-0.3, -0.25) is 4.79 Å². The van der Waals surface area contributed by atoms with Crippen LogP contribution in [-0.4, -0.2) is 67.7 Å². The van der Waals surface area contributed by atoms with Gasteiger partial charge in [-0.1, -0.05) is 54.6 Å². The van der Waals surface area contributed by atoms with Crippen molar-refractivity contribution in [2.75, 3.05) is 40.9 Å². The Morgan fingerprint density at radius 3 is 2.11 bits per heavy atom. The molecule has 0 heterocycles. The highest BCUT2D eigenvalue weighted by atomic mass is 16.5. The number of quaternary nitrogens is 1. The first-order chi connectivity index (χ1) is 16.8. The van der Waals surface area contributed by atoms with Gasteiger partial charge in [0.1, 0.15) is 30.8 Å². The second-order valence-electron chi connectivity index (χ2n) is 9.55. The lowest BCUT2D eigenvalue weighted by atomic mass is 9.92. The summed E-state index contributed by atoms with van der Waals surface area (Å²) in [5.41, 5.74) is 2.94. The van der Waals surface area contributed by atoms with Gasteiger partial charge in [-0.25, -0.2) is 0 Å². The normalized spacial score (nSPS) is 13.1. The molecule has 2 atom stereocenters. The molecule has 3 rings (SSSR count). The fraction of sp³-hybridized carbons (Fsp3) is 0.345. The average Bonchev–Trinajstić information content (AvgIpc) is 2.86. The van der Waals surface area contributed by atoms with Crippen molar-refractivity contribution in [3.63, 3.8) is 0 Å². The maximum Gasteiger partial charge on any atom is 0.311 e. The second kappa shape index (κ2) is 12.4. The number of rotatable bonds is 13. The van der Waals surface area contributed by atoms with Crippen molar-refractivity contribution >= 4 is 5.97 Å². The minimum Gasteiger partial charge on any atom is -0.497 e. The topological polar surface area (TPSA) is 76.0 Å². The van der Waals surface area contributed by atoms with E-state index in [4.69, 9.17) is 9.47 Å². The van der Waals surface area contributed by atoms with Gasteiger partial charge in [-0.05, 0) is 47.4 Å². The number of aliphatic hydroxyl groups is 1. The molecule has 0 bridgehead atoms. The zero-order chi connectivity index (χ0) is 25.3. The number of nitrogens with zero attached hydrogens (tertiary/aromatic N) is 1. The Morgan fingerprint density at radius 1 is 0.886 bits per heavy atom. The van der Waals surface area contributed by atoms with Crippen LogP contribution in [-0.2, 0) is 17.6 Å². The molecule has 0 saturated heterocycles. The zero-order valence-corrected chi connectivity index (χ0v) is 20.8. The number of ether oxygens (including phenoxy) is 2. The van der Waals surface area contributed by atoms with E-state index < -0.39 is 18.0 Å². The molecule has 186 valence electrons. The Labute approximate surface area is 208 Å². The minimum atomic E-state index is -0.854. The van der Waals surface area contributed by atoms with Gasteiger partial charge in [-0.15, -0.1) is 0 Å². The summed E-state index contributed by atoms with van der Waals surface area (Å²) in [6, 6.07) is 24.8. The summed E-state index contributed by atoms with van der Waals surface area (Å²) in [4.78, 5) is 11.8. The van der Waals surface area contributed by atoms with Crippen molar-refractivity contribution in [1.82, 2.24) is 0 Å². The summed E-state index contributed by atoms with van der Waals surface area (Å²) in [6.07, 6.45) is 0.712. The zero-order valence-electron chi connectivity index (χ0n) is 20.8. The third kappa shape index (κ3) is 8.42. The number of carboxylic acids is 1. The Balaban J connectivity index is 1.48. The van der Waals surface area contributed by atoms with Crippen LogP contribution >= 0.6 is 0 Å². The SMILES string of the molecule is COc1ccc(CC[N+](C)(C)C[C@@H](O)COc2ccc([C@H](Cc3ccccc3)C(=O)O)cc2)cc1. The number of benzene rings is 3. The van der Waals surface area contributed by atoms with Crippen molar-refractivity contribution in [2.45, 2.75) is 24.9 Å². The number of aliphatic carboxylic acids is 1. The number of carboxylic acid groups (broad SMARTS) is 1. The molecular formula is C29H36NO5+. The lowest BCUT2D eigenvalue weighted by Crippen LogP contribution is -2.48. The first-order valence-electron chi connectivity index (χ1n) is 11.9. The molecule has 0 saturated carbocycles.